The van der Waals surface area contributed by atoms with Crippen LogP contribution in [0.1, 0.15) is 12.5 Å². The highest BCUT2D eigenvalue weighted by molar-refractivity contribution is 6.19. The van der Waals surface area contributed by atoms with Gasteiger partial charge in [-0.2, -0.15) is 0 Å². The SMILES string of the molecule is CC(=O)/C(=C\O)c1ccncc1. The number of aromatic nitrogens is 1. The molecule has 0 atom stereocenters. The van der Waals surface area contributed by atoms with Crippen molar-refractivity contribution in [1.82, 2.24) is 4.98 Å². The fourth-order valence-corrected chi connectivity index (χ4v) is 0.900. The first-order valence-electron chi connectivity index (χ1n) is 3.51. The number of nitrogens with zero attached hydrogens (tertiary/aromatic N) is 1. The number of ketones is 1. The van der Waals surface area contributed by atoms with Gasteiger partial charge in [-0.15, -0.1) is 0 Å². The summed E-state index contributed by atoms with van der Waals surface area (Å²) >= 11 is 0. The van der Waals surface area contributed by atoms with E-state index in [1.54, 1.807) is 24.5 Å². The Kier molecular flexibility index (Phi) is 2.58. The molecule has 0 aromatic carbocycles. The number of rotatable bonds is 2. The highest BCUT2D eigenvalue weighted by Gasteiger charge is 2.05. The molecule has 0 amide bonds. The summed E-state index contributed by atoms with van der Waals surface area (Å²) in [4.78, 5) is 14.7. The van der Waals surface area contributed by atoms with Gasteiger partial charge in [-0.05, 0) is 24.6 Å². The van der Waals surface area contributed by atoms with Gasteiger partial charge in [0.1, 0.15) is 0 Å². The quantitative estimate of drug-likeness (QED) is 0.531. The van der Waals surface area contributed by atoms with E-state index in [-0.39, 0.29) is 5.78 Å². The minimum atomic E-state index is -0.163. The Hall–Kier alpha value is -1.64. The molecule has 1 aromatic rings. The van der Waals surface area contributed by atoms with Crippen molar-refractivity contribution >= 4 is 11.4 Å². The number of aliphatic hydroxyl groups is 1. The van der Waals surface area contributed by atoms with Crippen molar-refractivity contribution in [3.63, 3.8) is 0 Å². The minimum absolute atomic E-state index is 0.163. The van der Waals surface area contributed by atoms with E-state index in [4.69, 9.17) is 5.11 Å². The van der Waals surface area contributed by atoms with Crippen LogP contribution >= 0.6 is 0 Å². The maximum absolute atomic E-state index is 10.9. The smallest absolute Gasteiger partial charge is 0.163 e. The lowest BCUT2D eigenvalue weighted by Gasteiger charge is -1.99. The van der Waals surface area contributed by atoms with E-state index in [1.165, 1.54) is 6.92 Å². The normalized spacial score (nSPS) is 11.2. The molecule has 0 bridgehead atoms. The average Bonchev–Trinajstić information content (AvgIpc) is 2.07. The van der Waals surface area contributed by atoms with Crippen LogP contribution in [0.3, 0.4) is 0 Å². The van der Waals surface area contributed by atoms with E-state index in [0.717, 1.165) is 6.26 Å². The van der Waals surface area contributed by atoms with Gasteiger partial charge in [0.05, 0.1) is 11.8 Å². The van der Waals surface area contributed by atoms with Gasteiger partial charge in [0.15, 0.2) is 5.78 Å². The first-order chi connectivity index (χ1) is 5.75. The summed E-state index contributed by atoms with van der Waals surface area (Å²) in [7, 11) is 0. The third-order valence-electron chi connectivity index (χ3n) is 1.50. The van der Waals surface area contributed by atoms with Crippen LogP contribution in [0.5, 0.6) is 0 Å². The Morgan fingerprint density at radius 3 is 2.50 bits per heavy atom. The summed E-state index contributed by atoms with van der Waals surface area (Å²) in [5.74, 6) is -0.163. The highest BCUT2D eigenvalue weighted by Crippen LogP contribution is 2.12. The standard InChI is InChI=1S/C9H9NO2/c1-7(12)9(6-11)8-2-4-10-5-3-8/h2-6,11H,1H3/b9-6+. The van der Waals surface area contributed by atoms with Crippen molar-refractivity contribution in [2.24, 2.45) is 0 Å². The molecule has 0 unspecified atom stereocenters. The molecule has 0 saturated heterocycles. The van der Waals surface area contributed by atoms with Gasteiger partial charge < -0.3 is 5.11 Å². The fraction of sp³-hybridized carbons (Fsp3) is 0.111. The Morgan fingerprint density at radius 2 is 2.08 bits per heavy atom. The zero-order chi connectivity index (χ0) is 8.97. The molecule has 1 N–H and O–H groups in total. The molecular formula is C9H9NO2. The van der Waals surface area contributed by atoms with Crippen LogP contribution in [0.2, 0.25) is 0 Å². The maximum atomic E-state index is 10.9. The van der Waals surface area contributed by atoms with E-state index in [2.05, 4.69) is 4.98 Å². The molecule has 1 aromatic heterocycles. The first kappa shape index (κ1) is 8.46. The number of Topliss-reactive ketones (excluding diaryl/α,β-unsaturated/α-hetero) is 1. The van der Waals surface area contributed by atoms with Gasteiger partial charge in [-0.25, -0.2) is 0 Å². The van der Waals surface area contributed by atoms with Gasteiger partial charge in [0.2, 0.25) is 0 Å². The molecule has 0 spiro atoms. The van der Waals surface area contributed by atoms with Gasteiger partial charge in [-0.3, -0.25) is 9.78 Å². The van der Waals surface area contributed by atoms with Crippen LogP contribution in [-0.4, -0.2) is 15.9 Å². The van der Waals surface area contributed by atoms with Gasteiger partial charge in [0, 0.05) is 12.4 Å². The summed E-state index contributed by atoms with van der Waals surface area (Å²) < 4.78 is 0. The third-order valence-corrected chi connectivity index (χ3v) is 1.50. The molecule has 0 radical (unpaired) electrons. The van der Waals surface area contributed by atoms with Crippen LogP contribution in [0.15, 0.2) is 30.8 Å². The molecule has 3 nitrogen and oxygen atoms in total. The molecule has 0 aliphatic carbocycles. The highest BCUT2D eigenvalue weighted by atomic mass is 16.2. The molecule has 1 heterocycles. The van der Waals surface area contributed by atoms with E-state index >= 15 is 0 Å². The molecule has 0 saturated carbocycles. The number of hydrogen-bond acceptors (Lipinski definition) is 3. The van der Waals surface area contributed by atoms with Gasteiger partial charge >= 0.3 is 0 Å². The summed E-state index contributed by atoms with van der Waals surface area (Å²) in [6.07, 6.45) is 3.96. The lowest BCUT2D eigenvalue weighted by molar-refractivity contribution is -0.111. The number of carbonyl (C=O) groups excluding carboxylic acids is 1. The Bertz CT molecular complexity index is 304. The molecule has 0 aliphatic rings. The predicted octanol–water partition coefficient (Wildman–Crippen LogP) is 1.57. The van der Waals surface area contributed by atoms with E-state index in [1.807, 2.05) is 0 Å². The molecule has 1 rings (SSSR count). The van der Waals surface area contributed by atoms with Crippen molar-refractivity contribution in [1.29, 1.82) is 0 Å². The summed E-state index contributed by atoms with van der Waals surface area (Å²) in [5, 5.41) is 8.75. The monoisotopic (exact) mass is 163 g/mol. The van der Waals surface area contributed by atoms with Crippen molar-refractivity contribution in [3.05, 3.63) is 36.4 Å². The Labute approximate surface area is 70.4 Å². The summed E-state index contributed by atoms with van der Waals surface area (Å²) in [6, 6.07) is 3.34. The van der Waals surface area contributed by atoms with Crippen LogP contribution in [0.4, 0.5) is 0 Å². The lowest BCUT2D eigenvalue weighted by Crippen LogP contribution is -1.95. The topological polar surface area (TPSA) is 50.2 Å². The zero-order valence-corrected chi connectivity index (χ0v) is 6.69. The van der Waals surface area contributed by atoms with E-state index in [9.17, 15) is 4.79 Å². The number of carbonyl (C=O) groups is 1. The van der Waals surface area contributed by atoms with Crippen LogP contribution < -0.4 is 0 Å². The minimum Gasteiger partial charge on any atom is -0.515 e. The van der Waals surface area contributed by atoms with E-state index < -0.39 is 0 Å². The maximum Gasteiger partial charge on any atom is 0.163 e. The van der Waals surface area contributed by atoms with Crippen molar-refractivity contribution in [2.45, 2.75) is 6.92 Å². The number of aliphatic hydroxyl groups excluding tert-OH is 1. The van der Waals surface area contributed by atoms with Gasteiger partial charge in [-0.1, -0.05) is 0 Å². The van der Waals surface area contributed by atoms with E-state index in [0.29, 0.717) is 11.1 Å². The predicted molar refractivity (Wildman–Crippen MR) is 45.5 cm³/mol. The second kappa shape index (κ2) is 3.67. The summed E-state index contributed by atoms with van der Waals surface area (Å²) in [6.45, 7) is 1.41. The van der Waals surface area contributed by atoms with Crippen molar-refractivity contribution in [3.8, 4) is 0 Å². The Balaban J connectivity index is 3.05. The largest absolute Gasteiger partial charge is 0.515 e. The van der Waals surface area contributed by atoms with Crippen LogP contribution in [0.25, 0.3) is 5.57 Å². The lowest BCUT2D eigenvalue weighted by atomic mass is 10.1. The summed E-state index contributed by atoms with van der Waals surface area (Å²) in [5.41, 5.74) is 0.984. The first-order valence-corrected chi connectivity index (χ1v) is 3.51. The number of pyridine rings is 1. The van der Waals surface area contributed by atoms with Gasteiger partial charge in [0.25, 0.3) is 0 Å². The van der Waals surface area contributed by atoms with Crippen LogP contribution in [-0.2, 0) is 4.79 Å². The second-order valence-corrected chi connectivity index (χ2v) is 2.33. The average molecular weight is 163 g/mol. The molecule has 12 heavy (non-hydrogen) atoms. The fourth-order valence-electron chi connectivity index (χ4n) is 0.900. The van der Waals surface area contributed by atoms with Crippen molar-refractivity contribution < 1.29 is 9.90 Å². The third kappa shape index (κ3) is 1.69. The Morgan fingerprint density at radius 1 is 1.50 bits per heavy atom. The number of hydrogen-bond donors (Lipinski definition) is 1. The van der Waals surface area contributed by atoms with Crippen LogP contribution in [0, 0.1) is 0 Å². The zero-order valence-electron chi connectivity index (χ0n) is 6.69. The molecule has 0 aliphatic heterocycles. The van der Waals surface area contributed by atoms with Crippen molar-refractivity contribution in [2.75, 3.05) is 0 Å². The molecule has 3 heteroatoms. The molecular weight excluding hydrogens is 154 g/mol. The molecule has 0 fully saturated rings. The number of allylic oxidation sites excluding steroid dienone is 1. The second-order valence-electron chi connectivity index (χ2n) is 2.33. The molecule has 62 valence electrons.